The van der Waals surface area contributed by atoms with E-state index in [1.54, 1.807) is 0 Å². The Kier molecular flexibility index (Phi) is 4.07. The minimum absolute atomic E-state index is 0.166. The molecule has 21 heavy (non-hydrogen) atoms. The van der Waals surface area contributed by atoms with Gasteiger partial charge in [-0.25, -0.2) is 8.78 Å². The van der Waals surface area contributed by atoms with Gasteiger partial charge in [-0.15, -0.1) is 0 Å². The molecule has 0 aliphatic rings. The minimum atomic E-state index is -0.705. The highest BCUT2D eigenvalue weighted by Gasteiger charge is 2.13. The summed E-state index contributed by atoms with van der Waals surface area (Å²) in [6.07, 6.45) is 0. The van der Waals surface area contributed by atoms with E-state index in [1.165, 1.54) is 32.2 Å². The summed E-state index contributed by atoms with van der Waals surface area (Å²) < 4.78 is 32.1. The van der Waals surface area contributed by atoms with Crippen molar-refractivity contribution in [1.29, 1.82) is 0 Å². The second-order valence-electron chi connectivity index (χ2n) is 4.49. The number of aryl methyl sites for hydroxylation is 1. The Morgan fingerprint density at radius 3 is 2.52 bits per heavy atom. The maximum atomic E-state index is 13.7. The molecule has 2 aromatic rings. The van der Waals surface area contributed by atoms with Gasteiger partial charge in [-0.05, 0) is 36.8 Å². The lowest BCUT2D eigenvalue weighted by Crippen LogP contribution is -2.14. The topological polar surface area (TPSA) is 64.3 Å². The molecule has 2 aromatic carbocycles. The Morgan fingerprint density at radius 2 is 1.90 bits per heavy atom. The normalized spacial score (nSPS) is 10.3. The molecule has 0 radical (unpaired) electrons. The van der Waals surface area contributed by atoms with Crippen LogP contribution in [0.15, 0.2) is 30.3 Å². The zero-order chi connectivity index (χ0) is 15.6. The van der Waals surface area contributed by atoms with Crippen LogP contribution in [0.2, 0.25) is 0 Å². The fraction of sp³-hybridized carbons (Fsp3) is 0.133. The molecule has 110 valence electrons. The van der Waals surface area contributed by atoms with Crippen molar-refractivity contribution in [3.63, 3.8) is 0 Å². The van der Waals surface area contributed by atoms with Crippen molar-refractivity contribution in [2.75, 3.05) is 18.2 Å². The van der Waals surface area contributed by atoms with Crippen molar-refractivity contribution >= 4 is 17.3 Å². The van der Waals surface area contributed by atoms with Crippen molar-refractivity contribution in [2.24, 2.45) is 0 Å². The number of nitrogen functional groups attached to an aromatic ring is 1. The Hall–Kier alpha value is -2.63. The Balaban J connectivity index is 2.26. The highest BCUT2D eigenvalue weighted by Crippen LogP contribution is 2.23. The van der Waals surface area contributed by atoms with E-state index in [0.29, 0.717) is 5.75 Å². The molecule has 0 atom stereocenters. The van der Waals surface area contributed by atoms with Crippen LogP contribution in [0.1, 0.15) is 15.9 Å². The smallest absolute Gasteiger partial charge is 0.255 e. The predicted octanol–water partition coefficient (Wildman–Crippen LogP) is 3.12. The number of halogens is 2. The summed E-state index contributed by atoms with van der Waals surface area (Å²) >= 11 is 0. The van der Waals surface area contributed by atoms with Crippen LogP contribution in [0.5, 0.6) is 5.75 Å². The van der Waals surface area contributed by atoms with Crippen LogP contribution in [-0.2, 0) is 0 Å². The second-order valence-corrected chi connectivity index (χ2v) is 4.49. The van der Waals surface area contributed by atoms with Crippen molar-refractivity contribution in [3.05, 3.63) is 53.1 Å². The zero-order valence-electron chi connectivity index (χ0n) is 11.5. The average Bonchev–Trinajstić information content (AvgIpc) is 2.44. The molecule has 0 spiro atoms. The quantitative estimate of drug-likeness (QED) is 0.854. The van der Waals surface area contributed by atoms with Crippen molar-refractivity contribution < 1.29 is 18.3 Å². The van der Waals surface area contributed by atoms with Gasteiger partial charge in [-0.2, -0.15) is 0 Å². The Morgan fingerprint density at radius 1 is 1.19 bits per heavy atom. The van der Waals surface area contributed by atoms with Crippen LogP contribution in [0, 0.1) is 18.6 Å². The van der Waals surface area contributed by atoms with Crippen LogP contribution in [-0.4, -0.2) is 13.0 Å². The molecule has 0 aliphatic heterocycles. The number of benzene rings is 2. The highest BCUT2D eigenvalue weighted by atomic mass is 19.1. The highest BCUT2D eigenvalue weighted by molar-refractivity contribution is 6.05. The summed E-state index contributed by atoms with van der Waals surface area (Å²) in [6, 6.07) is 6.36. The van der Waals surface area contributed by atoms with E-state index in [2.05, 4.69) is 5.32 Å². The number of hydrogen-bond acceptors (Lipinski definition) is 3. The van der Waals surface area contributed by atoms with Crippen molar-refractivity contribution in [1.82, 2.24) is 0 Å². The SMILES string of the molecule is COc1ccc(C(=O)Nc2cc(F)c(C)cc2F)cc1N. The number of nitrogens with one attached hydrogen (secondary N) is 1. The third-order valence-corrected chi connectivity index (χ3v) is 2.99. The molecule has 3 N–H and O–H groups in total. The van der Waals surface area contributed by atoms with Gasteiger partial charge in [0.1, 0.15) is 17.4 Å². The lowest BCUT2D eigenvalue weighted by atomic mass is 10.1. The van der Waals surface area contributed by atoms with E-state index < -0.39 is 17.5 Å². The predicted molar refractivity (Wildman–Crippen MR) is 76.5 cm³/mol. The van der Waals surface area contributed by atoms with E-state index in [-0.39, 0.29) is 22.5 Å². The zero-order valence-corrected chi connectivity index (χ0v) is 11.5. The summed E-state index contributed by atoms with van der Waals surface area (Å²) in [5.41, 5.74) is 6.13. The van der Waals surface area contributed by atoms with Crippen LogP contribution in [0.4, 0.5) is 20.2 Å². The third kappa shape index (κ3) is 3.10. The maximum absolute atomic E-state index is 13.7. The first-order chi connectivity index (χ1) is 9.92. The molecule has 2 rings (SSSR count). The number of amides is 1. The number of ether oxygens (including phenoxy) is 1. The van der Waals surface area contributed by atoms with Gasteiger partial charge in [0.15, 0.2) is 0 Å². The maximum Gasteiger partial charge on any atom is 0.255 e. The molecular weight excluding hydrogens is 278 g/mol. The number of methoxy groups -OCH3 is 1. The first kappa shape index (κ1) is 14.8. The fourth-order valence-electron chi connectivity index (χ4n) is 1.81. The van der Waals surface area contributed by atoms with E-state index in [4.69, 9.17) is 10.5 Å². The van der Waals surface area contributed by atoms with Crippen LogP contribution < -0.4 is 15.8 Å². The van der Waals surface area contributed by atoms with E-state index in [1.807, 2.05) is 0 Å². The van der Waals surface area contributed by atoms with Crippen LogP contribution in [0.25, 0.3) is 0 Å². The number of carbonyl (C=O) groups excluding carboxylic acids is 1. The van der Waals surface area contributed by atoms with E-state index >= 15 is 0 Å². The molecule has 0 aliphatic carbocycles. The molecular formula is C15H14F2N2O2. The largest absolute Gasteiger partial charge is 0.495 e. The van der Waals surface area contributed by atoms with Gasteiger partial charge in [0.2, 0.25) is 0 Å². The number of nitrogens with two attached hydrogens (primary N) is 1. The van der Waals surface area contributed by atoms with E-state index in [0.717, 1.165) is 12.1 Å². The fourth-order valence-corrected chi connectivity index (χ4v) is 1.81. The third-order valence-electron chi connectivity index (χ3n) is 2.99. The number of hydrogen-bond donors (Lipinski definition) is 2. The first-order valence-corrected chi connectivity index (χ1v) is 6.13. The molecule has 1 amide bonds. The minimum Gasteiger partial charge on any atom is -0.495 e. The standard InChI is InChI=1S/C15H14F2N2O2/c1-8-5-11(17)13(7-10(8)16)19-15(20)9-3-4-14(21-2)12(18)6-9/h3-7H,18H2,1-2H3,(H,19,20). The van der Waals surface area contributed by atoms with Gasteiger partial charge in [0.25, 0.3) is 5.91 Å². The molecule has 0 saturated carbocycles. The number of rotatable bonds is 3. The number of carbonyl (C=O) groups is 1. The summed E-state index contributed by atoms with van der Waals surface area (Å²) in [6.45, 7) is 1.44. The lowest BCUT2D eigenvalue weighted by Gasteiger charge is -2.10. The molecule has 0 bridgehead atoms. The molecule has 0 aromatic heterocycles. The van der Waals surface area contributed by atoms with Crippen LogP contribution in [0.3, 0.4) is 0 Å². The van der Waals surface area contributed by atoms with Crippen molar-refractivity contribution in [2.45, 2.75) is 6.92 Å². The average molecular weight is 292 g/mol. The molecule has 6 heteroatoms. The second kappa shape index (κ2) is 5.78. The Bertz CT molecular complexity index is 702. The number of anilines is 2. The van der Waals surface area contributed by atoms with Gasteiger partial charge in [0.05, 0.1) is 18.5 Å². The summed E-state index contributed by atoms with van der Waals surface area (Å²) in [5, 5.41) is 2.31. The van der Waals surface area contributed by atoms with Gasteiger partial charge >= 0.3 is 0 Å². The molecule has 0 unspecified atom stereocenters. The van der Waals surface area contributed by atoms with E-state index in [9.17, 15) is 13.6 Å². The molecule has 0 saturated heterocycles. The molecule has 0 heterocycles. The van der Waals surface area contributed by atoms with Gasteiger partial charge < -0.3 is 15.8 Å². The lowest BCUT2D eigenvalue weighted by molar-refractivity contribution is 0.102. The van der Waals surface area contributed by atoms with Gasteiger partial charge in [-0.1, -0.05) is 0 Å². The van der Waals surface area contributed by atoms with Crippen molar-refractivity contribution in [3.8, 4) is 5.75 Å². The summed E-state index contributed by atoms with van der Waals surface area (Å²) in [7, 11) is 1.45. The Labute approximate surface area is 120 Å². The summed E-state index contributed by atoms with van der Waals surface area (Å²) in [5.74, 6) is -1.46. The van der Waals surface area contributed by atoms with Gasteiger partial charge in [-0.3, -0.25) is 4.79 Å². The molecule has 0 fully saturated rings. The van der Waals surface area contributed by atoms with Gasteiger partial charge in [0, 0.05) is 11.6 Å². The molecule has 4 nitrogen and oxygen atoms in total. The van der Waals surface area contributed by atoms with Crippen LogP contribution >= 0.6 is 0 Å². The first-order valence-electron chi connectivity index (χ1n) is 6.13. The monoisotopic (exact) mass is 292 g/mol. The summed E-state index contributed by atoms with van der Waals surface area (Å²) in [4.78, 5) is 12.0.